The molecule has 0 amide bonds. The van der Waals surface area contributed by atoms with Gasteiger partial charge in [0.1, 0.15) is 17.1 Å². The highest BCUT2D eigenvalue weighted by molar-refractivity contribution is 7.98. The molecule has 6 heteroatoms. The largest absolute Gasteiger partial charge is 0.460 e. The number of hydrogen-bond acceptors (Lipinski definition) is 5. The number of aromatic nitrogens is 4. The van der Waals surface area contributed by atoms with Gasteiger partial charge in [0.15, 0.2) is 5.58 Å². The van der Waals surface area contributed by atoms with E-state index in [9.17, 15) is 0 Å². The average Bonchev–Trinajstić information content (AvgIpc) is 3.02. The minimum Gasteiger partial charge on any atom is -0.460 e. The van der Waals surface area contributed by atoms with Crippen LogP contribution < -0.4 is 0 Å². The Labute approximate surface area is 125 Å². The Morgan fingerprint density at radius 2 is 2.19 bits per heavy atom. The number of fused-ring (bicyclic) bond motifs is 3. The molecule has 0 atom stereocenters. The highest BCUT2D eigenvalue weighted by Crippen LogP contribution is 2.29. The van der Waals surface area contributed by atoms with Crippen LogP contribution in [0, 0.1) is 6.92 Å². The van der Waals surface area contributed by atoms with Crippen molar-refractivity contribution in [2.75, 3.05) is 0 Å². The number of nitrogens with zero attached hydrogens (tertiary/aromatic N) is 4. The van der Waals surface area contributed by atoms with E-state index >= 15 is 0 Å². The second kappa shape index (κ2) is 4.89. The van der Waals surface area contributed by atoms with Crippen LogP contribution in [0.25, 0.3) is 16.6 Å². The molecule has 0 N–H and O–H groups in total. The topological polar surface area (TPSA) is 56.2 Å². The fourth-order valence-electron chi connectivity index (χ4n) is 2.33. The summed E-state index contributed by atoms with van der Waals surface area (Å²) >= 11 is 1.63. The lowest BCUT2D eigenvalue weighted by atomic mass is 10.4. The molecule has 0 saturated carbocycles. The van der Waals surface area contributed by atoms with Gasteiger partial charge in [-0.2, -0.15) is 0 Å². The van der Waals surface area contributed by atoms with Crippen molar-refractivity contribution in [3.05, 3.63) is 54.3 Å². The second-order valence-corrected chi connectivity index (χ2v) is 5.72. The standard InChI is InChI=1S/C15H12N4OS/c1-10-6-12-14(20-10)7-13-15(18-17-9-19(12)13)21-8-11-4-2-3-5-16-11/h2-7,9H,8H2,1H3. The van der Waals surface area contributed by atoms with Gasteiger partial charge in [-0.1, -0.05) is 17.8 Å². The molecule has 0 bridgehead atoms. The van der Waals surface area contributed by atoms with E-state index in [-0.39, 0.29) is 0 Å². The Hall–Kier alpha value is -2.34. The fraction of sp³-hybridized carbons (Fsp3) is 0.133. The van der Waals surface area contributed by atoms with E-state index in [4.69, 9.17) is 4.42 Å². The van der Waals surface area contributed by atoms with Gasteiger partial charge in [0.05, 0.1) is 16.7 Å². The molecular formula is C15H12N4OS. The van der Waals surface area contributed by atoms with Crippen LogP contribution in [-0.2, 0) is 5.75 Å². The summed E-state index contributed by atoms with van der Waals surface area (Å²) in [5.41, 5.74) is 3.93. The Balaban J connectivity index is 1.73. The van der Waals surface area contributed by atoms with Crippen LogP contribution in [0.1, 0.15) is 11.5 Å². The first kappa shape index (κ1) is 12.4. The van der Waals surface area contributed by atoms with Crippen LogP contribution in [-0.4, -0.2) is 19.6 Å². The van der Waals surface area contributed by atoms with Crippen LogP contribution >= 0.6 is 11.8 Å². The number of furan rings is 1. The van der Waals surface area contributed by atoms with Gasteiger partial charge >= 0.3 is 0 Å². The fourth-order valence-corrected chi connectivity index (χ4v) is 3.20. The number of rotatable bonds is 3. The summed E-state index contributed by atoms with van der Waals surface area (Å²) in [5, 5.41) is 9.21. The minimum atomic E-state index is 0.765. The first-order valence-electron chi connectivity index (χ1n) is 6.57. The zero-order chi connectivity index (χ0) is 14.2. The lowest BCUT2D eigenvalue weighted by Gasteiger charge is -2.02. The summed E-state index contributed by atoms with van der Waals surface area (Å²) in [7, 11) is 0. The van der Waals surface area contributed by atoms with E-state index in [1.807, 2.05) is 41.7 Å². The predicted molar refractivity (Wildman–Crippen MR) is 81.3 cm³/mol. The number of aryl methyl sites for hydroxylation is 1. The van der Waals surface area contributed by atoms with Crippen LogP contribution in [0.5, 0.6) is 0 Å². The second-order valence-electron chi connectivity index (χ2n) is 4.75. The molecule has 4 aromatic rings. The highest BCUT2D eigenvalue weighted by Gasteiger charge is 2.12. The molecular weight excluding hydrogens is 284 g/mol. The van der Waals surface area contributed by atoms with Crippen molar-refractivity contribution in [2.24, 2.45) is 0 Å². The lowest BCUT2D eigenvalue weighted by molar-refractivity contribution is 0.579. The van der Waals surface area contributed by atoms with Crippen LogP contribution in [0.15, 0.2) is 52.3 Å². The third-order valence-corrected chi connectivity index (χ3v) is 4.27. The van der Waals surface area contributed by atoms with E-state index in [2.05, 4.69) is 15.2 Å². The zero-order valence-corrected chi connectivity index (χ0v) is 12.2. The SMILES string of the molecule is Cc1cc2c(cc3c(SCc4ccccn4)nncn32)o1. The van der Waals surface area contributed by atoms with Crippen molar-refractivity contribution in [2.45, 2.75) is 17.7 Å². The summed E-state index contributed by atoms with van der Waals surface area (Å²) in [5.74, 6) is 1.66. The first-order chi connectivity index (χ1) is 10.3. The minimum absolute atomic E-state index is 0.765. The summed E-state index contributed by atoms with van der Waals surface area (Å²) in [6.45, 7) is 1.94. The molecule has 21 heavy (non-hydrogen) atoms. The summed E-state index contributed by atoms with van der Waals surface area (Å²) in [6.07, 6.45) is 3.52. The van der Waals surface area contributed by atoms with Crippen molar-refractivity contribution < 1.29 is 4.42 Å². The monoisotopic (exact) mass is 296 g/mol. The van der Waals surface area contributed by atoms with Crippen molar-refractivity contribution in [3.8, 4) is 0 Å². The van der Waals surface area contributed by atoms with E-state index in [0.29, 0.717) is 0 Å². The molecule has 0 aromatic carbocycles. The third-order valence-electron chi connectivity index (χ3n) is 3.27. The van der Waals surface area contributed by atoms with E-state index in [1.165, 1.54) is 0 Å². The van der Waals surface area contributed by atoms with E-state index < -0.39 is 0 Å². The molecule has 0 radical (unpaired) electrons. The van der Waals surface area contributed by atoms with Gasteiger partial charge in [-0.15, -0.1) is 10.2 Å². The molecule has 0 fully saturated rings. The maximum absolute atomic E-state index is 5.67. The molecule has 0 aliphatic rings. The molecule has 0 aliphatic carbocycles. The number of thioether (sulfide) groups is 1. The number of pyridine rings is 1. The van der Waals surface area contributed by atoms with Gasteiger partial charge in [0.2, 0.25) is 0 Å². The molecule has 0 spiro atoms. The quantitative estimate of drug-likeness (QED) is 0.542. The Bertz CT molecular complexity index is 913. The van der Waals surface area contributed by atoms with Crippen LogP contribution in [0.2, 0.25) is 0 Å². The van der Waals surface area contributed by atoms with Crippen LogP contribution in [0.3, 0.4) is 0 Å². The molecule has 4 rings (SSSR count). The molecule has 4 heterocycles. The summed E-state index contributed by atoms with van der Waals surface area (Å²) < 4.78 is 7.69. The maximum atomic E-state index is 5.67. The van der Waals surface area contributed by atoms with Gasteiger partial charge < -0.3 is 4.42 Å². The van der Waals surface area contributed by atoms with E-state index in [0.717, 1.165) is 38.8 Å². The summed E-state index contributed by atoms with van der Waals surface area (Å²) in [6, 6.07) is 9.93. The molecule has 5 nitrogen and oxygen atoms in total. The van der Waals surface area contributed by atoms with Crippen molar-refractivity contribution in [1.82, 2.24) is 19.6 Å². The smallest absolute Gasteiger partial charge is 0.153 e. The Morgan fingerprint density at radius 1 is 1.24 bits per heavy atom. The van der Waals surface area contributed by atoms with Crippen LogP contribution in [0.4, 0.5) is 0 Å². The van der Waals surface area contributed by atoms with Gasteiger partial charge in [0.25, 0.3) is 0 Å². The first-order valence-corrected chi connectivity index (χ1v) is 7.55. The van der Waals surface area contributed by atoms with Crippen molar-refractivity contribution in [1.29, 1.82) is 0 Å². The predicted octanol–water partition coefficient (Wildman–Crippen LogP) is 3.47. The molecule has 4 aromatic heterocycles. The zero-order valence-electron chi connectivity index (χ0n) is 11.4. The Kier molecular flexibility index (Phi) is 2.89. The van der Waals surface area contributed by atoms with Gasteiger partial charge in [0, 0.05) is 24.1 Å². The van der Waals surface area contributed by atoms with Crippen molar-refractivity contribution in [3.63, 3.8) is 0 Å². The third kappa shape index (κ3) is 2.17. The molecule has 0 unspecified atom stereocenters. The lowest BCUT2D eigenvalue weighted by Crippen LogP contribution is -1.94. The maximum Gasteiger partial charge on any atom is 0.153 e. The van der Waals surface area contributed by atoms with Gasteiger partial charge in [-0.3, -0.25) is 9.38 Å². The van der Waals surface area contributed by atoms with Gasteiger partial charge in [-0.25, -0.2) is 0 Å². The molecule has 104 valence electrons. The average molecular weight is 296 g/mol. The molecule has 0 aliphatic heterocycles. The normalized spacial score (nSPS) is 11.5. The van der Waals surface area contributed by atoms with Crippen molar-refractivity contribution >= 4 is 28.4 Å². The van der Waals surface area contributed by atoms with Gasteiger partial charge in [-0.05, 0) is 19.1 Å². The molecule has 0 saturated heterocycles. The highest BCUT2D eigenvalue weighted by atomic mass is 32.2. The summed E-state index contributed by atoms with van der Waals surface area (Å²) in [4.78, 5) is 4.32. The Morgan fingerprint density at radius 3 is 3.05 bits per heavy atom. The van der Waals surface area contributed by atoms with E-state index in [1.54, 1.807) is 24.3 Å². The number of hydrogen-bond donors (Lipinski definition) is 0.